The molecule has 0 atom stereocenters. The smallest absolute Gasteiger partial charge is 0.113 e. The molecule has 0 fully saturated rings. The highest BCUT2D eigenvalue weighted by atomic mass is 15.1. The van der Waals surface area contributed by atoms with Gasteiger partial charge in [0.05, 0.1) is 0 Å². The third-order valence-electron chi connectivity index (χ3n) is 3.51. The minimum Gasteiger partial charge on any atom is -0.399 e. The summed E-state index contributed by atoms with van der Waals surface area (Å²) in [7, 11) is 0. The van der Waals surface area contributed by atoms with Gasteiger partial charge in [-0.1, -0.05) is 30.3 Å². The molecule has 2 aromatic carbocycles. The topological polar surface area (TPSA) is 69.9 Å². The second-order valence-electron chi connectivity index (χ2n) is 5.09. The second-order valence-corrected chi connectivity index (χ2v) is 5.09. The summed E-state index contributed by atoms with van der Waals surface area (Å²) in [5.41, 5.74) is 15.7. The summed E-state index contributed by atoms with van der Waals surface area (Å²) in [6.45, 7) is 0.757. The Morgan fingerprint density at radius 3 is 2.67 bits per heavy atom. The molecular weight excluding hydrogens is 260 g/mol. The lowest BCUT2D eigenvalue weighted by Gasteiger charge is -2.10. The third-order valence-corrected chi connectivity index (χ3v) is 3.51. The van der Waals surface area contributed by atoms with Crippen molar-refractivity contribution < 1.29 is 0 Å². The van der Waals surface area contributed by atoms with Crippen LogP contribution in [0.2, 0.25) is 0 Å². The van der Waals surface area contributed by atoms with E-state index in [9.17, 15) is 0 Å². The number of imidazole rings is 1. The first-order chi connectivity index (χ1) is 10.2. The molecule has 0 amide bonds. The maximum absolute atomic E-state index is 6.01. The van der Waals surface area contributed by atoms with Crippen LogP contribution in [0.4, 0.5) is 11.4 Å². The van der Waals surface area contributed by atoms with Crippen molar-refractivity contribution in [3.8, 4) is 0 Å². The van der Waals surface area contributed by atoms with Crippen molar-refractivity contribution in [1.82, 2.24) is 9.55 Å². The van der Waals surface area contributed by atoms with E-state index < -0.39 is 0 Å². The number of anilines is 2. The molecule has 0 radical (unpaired) electrons. The summed E-state index contributed by atoms with van der Waals surface area (Å²) in [5, 5.41) is 0. The van der Waals surface area contributed by atoms with Crippen LogP contribution < -0.4 is 11.5 Å². The van der Waals surface area contributed by atoms with Gasteiger partial charge in [0.15, 0.2) is 0 Å². The van der Waals surface area contributed by atoms with Crippen molar-refractivity contribution in [2.45, 2.75) is 13.0 Å². The molecule has 0 aliphatic rings. The fraction of sp³-hybridized carbons (Fsp3) is 0.118. The SMILES string of the molecule is Nc1cccc(Cn2ccnc2Cc2ccccc2N)c1. The van der Waals surface area contributed by atoms with Crippen molar-refractivity contribution in [1.29, 1.82) is 0 Å². The quantitative estimate of drug-likeness (QED) is 0.721. The molecule has 4 nitrogen and oxygen atoms in total. The standard InChI is InChI=1S/C17H18N4/c18-15-6-3-4-13(10-15)12-21-9-8-20-17(21)11-14-5-1-2-7-16(14)19/h1-10H,11-12,18-19H2. The first-order valence-electron chi connectivity index (χ1n) is 6.90. The molecule has 106 valence electrons. The zero-order valence-corrected chi connectivity index (χ0v) is 11.7. The molecule has 0 saturated carbocycles. The third kappa shape index (κ3) is 3.05. The summed E-state index contributed by atoms with van der Waals surface area (Å²) in [6.07, 6.45) is 4.53. The monoisotopic (exact) mass is 278 g/mol. The Labute approximate surface area is 124 Å². The molecule has 4 heteroatoms. The van der Waals surface area contributed by atoms with Crippen LogP contribution in [-0.2, 0) is 13.0 Å². The lowest BCUT2D eigenvalue weighted by atomic mass is 10.1. The van der Waals surface area contributed by atoms with Gasteiger partial charge in [-0.25, -0.2) is 4.98 Å². The number of benzene rings is 2. The van der Waals surface area contributed by atoms with E-state index in [1.165, 1.54) is 0 Å². The number of hydrogen-bond acceptors (Lipinski definition) is 3. The number of nitrogens with zero attached hydrogens (tertiary/aromatic N) is 2. The highest BCUT2D eigenvalue weighted by molar-refractivity contribution is 5.47. The van der Waals surface area contributed by atoms with Crippen LogP contribution in [0.15, 0.2) is 60.9 Å². The highest BCUT2D eigenvalue weighted by Crippen LogP contribution is 2.16. The van der Waals surface area contributed by atoms with Gasteiger partial charge in [0.2, 0.25) is 0 Å². The summed E-state index contributed by atoms with van der Waals surface area (Å²) in [6, 6.07) is 15.8. The van der Waals surface area contributed by atoms with Gasteiger partial charge in [0.1, 0.15) is 5.82 Å². The maximum Gasteiger partial charge on any atom is 0.113 e. The molecule has 3 aromatic rings. The number of aromatic nitrogens is 2. The largest absolute Gasteiger partial charge is 0.399 e. The molecule has 0 spiro atoms. The summed E-state index contributed by atoms with van der Waals surface area (Å²) >= 11 is 0. The molecule has 0 aliphatic carbocycles. The first kappa shape index (κ1) is 13.2. The summed E-state index contributed by atoms with van der Waals surface area (Å²) in [4.78, 5) is 4.45. The van der Waals surface area contributed by atoms with E-state index in [2.05, 4.69) is 15.6 Å². The molecule has 0 aliphatic heterocycles. The lowest BCUT2D eigenvalue weighted by molar-refractivity contribution is 0.741. The number of hydrogen-bond donors (Lipinski definition) is 2. The van der Waals surface area contributed by atoms with Gasteiger partial charge in [-0.05, 0) is 29.3 Å². The molecule has 3 rings (SSSR count). The van der Waals surface area contributed by atoms with Crippen LogP contribution in [0.1, 0.15) is 17.0 Å². The van der Waals surface area contributed by atoms with Gasteiger partial charge >= 0.3 is 0 Å². The Bertz CT molecular complexity index is 746. The Kier molecular flexibility index (Phi) is 3.60. The van der Waals surface area contributed by atoms with E-state index in [4.69, 9.17) is 11.5 Å². The van der Waals surface area contributed by atoms with Crippen molar-refractivity contribution in [2.24, 2.45) is 0 Å². The van der Waals surface area contributed by atoms with Crippen LogP contribution in [-0.4, -0.2) is 9.55 Å². The van der Waals surface area contributed by atoms with Crippen molar-refractivity contribution in [3.63, 3.8) is 0 Å². The van der Waals surface area contributed by atoms with Gasteiger partial charge in [-0.3, -0.25) is 0 Å². The molecular formula is C17H18N4. The van der Waals surface area contributed by atoms with E-state index in [1.54, 1.807) is 0 Å². The fourth-order valence-electron chi connectivity index (χ4n) is 2.40. The van der Waals surface area contributed by atoms with Crippen molar-refractivity contribution in [3.05, 3.63) is 77.9 Å². The number of rotatable bonds is 4. The molecule has 4 N–H and O–H groups in total. The number of para-hydroxylation sites is 1. The van der Waals surface area contributed by atoms with E-state index in [0.29, 0.717) is 0 Å². The van der Waals surface area contributed by atoms with Gasteiger partial charge in [0.25, 0.3) is 0 Å². The average molecular weight is 278 g/mol. The predicted octanol–water partition coefficient (Wildman–Crippen LogP) is 2.69. The Hall–Kier alpha value is -2.75. The second kappa shape index (κ2) is 5.71. The van der Waals surface area contributed by atoms with E-state index in [-0.39, 0.29) is 0 Å². The minimum absolute atomic E-state index is 0.724. The van der Waals surface area contributed by atoms with E-state index >= 15 is 0 Å². The number of nitrogen functional groups attached to an aromatic ring is 2. The van der Waals surface area contributed by atoms with E-state index in [1.807, 2.05) is 54.9 Å². The fourth-order valence-corrected chi connectivity index (χ4v) is 2.40. The zero-order valence-electron chi connectivity index (χ0n) is 11.7. The van der Waals surface area contributed by atoms with Crippen LogP contribution in [0.3, 0.4) is 0 Å². The Morgan fingerprint density at radius 2 is 1.86 bits per heavy atom. The van der Waals surface area contributed by atoms with Crippen LogP contribution in [0, 0.1) is 0 Å². The average Bonchev–Trinajstić information content (AvgIpc) is 2.89. The van der Waals surface area contributed by atoms with Crippen LogP contribution in [0.5, 0.6) is 0 Å². The molecule has 0 bridgehead atoms. The zero-order chi connectivity index (χ0) is 14.7. The van der Waals surface area contributed by atoms with Gasteiger partial charge in [0, 0.05) is 36.7 Å². The van der Waals surface area contributed by atoms with Crippen LogP contribution in [0.25, 0.3) is 0 Å². The molecule has 1 heterocycles. The molecule has 21 heavy (non-hydrogen) atoms. The molecule has 1 aromatic heterocycles. The molecule has 0 unspecified atom stereocenters. The maximum atomic E-state index is 6.01. The van der Waals surface area contributed by atoms with Crippen molar-refractivity contribution >= 4 is 11.4 Å². The van der Waals surface area contributed by atoms with Gasteiger partial charge < -0.3 is 16.0 Å². The predicted molar refractivity (Wildman–Crippen MR) is 85.8 cm³/mol. The van der Waals surface area contributed by atoms with Crippen LogP contribution >= 0.6 is 0 Å². The minimum atomic E-state index is 0.724. The van der Waals surface area contributed by atoms with E-state index in [0.717, 1.165) is 41.3 Å². The van der Waals surface area contributed by atoms with Gasteiger partial charge in [-0.15, -0.1) is 0 Å². The molecule has 0 saturated heterocycles. The first-order valence-corrected chi connectivity index (χ1v) is 6.90. The summed E-state index contributed by atoms with van der Waals surface area (Å²) in [5.74, 6) is 0.996. The number of nitrogens with two attached hydrogens (primary N) is 2. The lowest BCUT2D eigenvalue weighted by Crippen LogP contribution is -2.06. The Morgan fingerprint density at radius 1 is 1.00 bits per heavy atom. The Balaban J connectivity index is 1.83. The van der Waals surface area contributed by atoms with Gasteiger partial charge in [-0.2, -0.15) is 0 Å². The summed E-state index contributed by atoms with van der Waals surface area (Å²) < 4.78 is 2.13. The normalized spacial score (nSPS) is 10.7. The highest BCUT2D eigenvalue weighted by Gasteiger charge is 2.07. The van der Waals surface area contributed by atoms with Crippen molar-refractivity contribution in [2.75, 3.05) is 11.5 Å².